The molecule has 0 aliphatic heterocycles. The fourth-order valence-corrected chi connectivity index (χ4v) is 2.49. The second kappa shape index (κ2) is 6.29. The fraction of sp³-hybridized carbons (Fsp3) is 0.214. The van der Waals surface area contributed by atoms with Crippen LogP contribution in [0.15, 0.2) is 30.5 Å². The van der Waals surface area contributed by atoms with Crippen LogP contribution in [0, 0.1) is 0 Å². The summed E-state index contributed by atoms with van der Waals surface area (Å²) in [5.41, 5.74) is 0.889. The number of thiophene rings is 1. The van der Waals surface area contributed by atoms with Gasteiger partial charge in [-0.1, -0.05) is 0 Å². The molecule has 0 aliphatic carbocycles. The van der Waals surface area contributed by atoms with Crippen molar-refractivity contribution in [2.75, 3.05) is 11.9 Å². The Morgan fingerprint density at radius 3 is 2.70 bits per heavy atom. The van der Waals surface area contributed by atoms with Gasteiger partial charge in [0, 0.05) is 23.6 Å². The quantitative estimate of drug-likeness (QED) is 0.879. The van der Waals surface area contributed by atoms with Gasteiger partial charge in [0.25, 0.3) is 0 Å². The Bertz CT molecular complexity index is 620. The number of nitrogens with one attached hydrogen (secondary N) is 1. The van der Waals surface area contributed by atoms with Crippen molar-refractivity contribution >= 4 is 29.0 Å². The van der Waals surface area contributed by atoms with Gasteiger partial charge in [-0.3, -0.25) is 4.79 Å². The summed E-state index contributed by atoms with van der Waals surface area (Å²) < 4.78 is 4.95. The summed E-state index contributed by atoms with van der Waals surface area (Å²) in [5, 5.41) is 2.60. The Balaban J connectivity index is 2.15. The molecule has 0 unspecified atom stereocenters. The van der Waals surface area contributed by atoms with Crippen LogP contribution in [0.1, 0.15) is 23.5 Å². The number of hydrogen-bond acceptors (Lipinski definition) is 5. The molecule has 20 heavy (non-hydrogen) atoms. The number of rotatable bonds is 4. The second-order valence-electron chi connectivity index (χ2n) is 4.00. The van der Waals surface area contributed by atoms with Crippen molar-refractivity contribution in [1.82, 2.24) is 4.98 Å². The van der Waals surface area contributed by atoms with E-state index in [2.05, 4.69) is 10.3 Å². The second-order valence-corrected chi connectivity index (χ2v) is 5.08. The smallest absolute Gasteiger partial charge is 0.348 e. The van der Waals surface area contributed by atoms with Gasteiger partial charge in [0.15, 0.2) is 0 Å². The first-order valence-corrected chi connectivity index (χ1v) is 6.92. The maximum absolute atomic E-state index is 11.6. The van der Waals surface area contributed by atoms with Crippen LogP contribution in [0.3, 0.4) is 0 Å². The largest absolute Gasteiger partial charge is 0.462 e. The molecule has 5 nitrogen and oxygen atoms in total. The number of pyridine rings is 1. The molecule has 0 bridgehead atoms. The molecule has 0 fully saturated rings. The summed E-state index contributed by atoms with van der Waals surface area (Å²) in [4.78, 5) is 28.1. The van der Waals surface area contributed by atoms with Crippen molar-refractivity contribution in [3.63, 3.8) is 0 Å². The van der Waals surface area contributed by atoms with Crippen molar-refractivity contribution in [3.8, 4) is 10.4 Å². The SMILES string of the molecule is CCOC(=O)c1ccc(-c2ccc(NC(C)=O)nc2)s1. The number of aromatic nitrogens is 1. The lowest BCUT2D eigenvalue weighted by molar-refractivity contribution is -0.114. The van der Waals surface area contributed by atoms with Crippen LogP contribution in [-0.2, 0) is 9.53 Å². The van der Waals surface area contributed by atoms with Gasteiger partial charge in [-0.15, -0.1) is 11.3 Å². The van der Waals surface area contributed by atoms with Crippen LogP contribution >= 0.6 is 11.3 Å². The molecule has 2 rings (SSSR count). The lowest BCUT2D eigenvalue weighted by atomic mass is 10.2. The van der Waals surface area contributed by atoms with Gasteiger partial charge in [-0.2, -0.15) is 0 Å². The first-order chi connectivity index (χ1) is 9.60. The highest BCUT2D eigenvalue weighted by molar-refractivity contribution is 7.17. The molecule has 2 aromatic heterocycles. The maximum Gasteiger partial charge on any atom is 0.348 e. The standard InChI is InChI=1S/C14H14N2O3S/c1-3-19-14(18)12-6-5-11(20-12)10-4-7-13(15-8-10)16-9(2)17/h4-8H,3H2,1-2H3,(H,15,16,17). The van der Waals surface area contributed by atoms with Crippen molar-refractivity contribution in [2.45, 2.75) is 13.8 Å². The van der Waals surface area contributed by atoms with Crippen LogP contribution in [0.5, 0.6) is 0 Å². The number of carbonyl (C=O) groups excluding carboxylic acids is 2. The van der Waals surface area contributed by atoms with Gasteiger partial charge >= 0.3 is 5.97 Å². The normalized spacial score (nSPS) is 10.1. The topological polar surface area (TPSA) is 68.3 Å². The molecule has 2 heterocycles. The van der Waals surface area contributed by atoms with E-state index < -0.39 is 0 Å². The predicted octanol–water partition coefficient (Wildman–Crippen LogP) is 2.95. The van der Waals surface area contributed by atoms with E-state index in [0.717, 1.165) is 10.4 Å². The highest BCUT2D eigenvalue weighted by Gasteiger charge is 2.11. The van der Waals surface area contributed by atoms with Crippen LogP contribution in [0.4, 0.5) is 5.82 Å². The Labute approximate surface area is 120 Å². The van der Waals surface area contributed by atoms with Crippen LogP contribution < -0.4 is 5.32 Å². The van der Waals surface area contributed by atoms with Gasteiger partial charge in [-0.05, 0) is 31.2 Å². The van der Waals surface area contributed by atoms with E-state index in [1.54, 1.807) is 25.3 Å². The number of nitrogens with zero attached hydrogens (tertiary/aromatic N) is 1. The van der Waals surface area contributed by atoms with Crippen molar-refractivity contribution in [1.29, 1.82) is 0 Å². The first kappa shape index (κ1) is 14.2. The minimum atomic E-state index is -0.313. The summed E-state index contributed by atoms with van der Waals surface area (Å²) in [5.74, 6) is 0.0287. The molecular weight excluding hydrogens is 276 g/mol. The molecule has 0 aromatic carbocycles. The minimum absolute atomic E-state index is 0.161. The molecule has 1 amide bonds. The number of amides is 1. The molecule has 0 radical (unpaired) electrons. The van der Waals surface area contributed by atoms with Gasteiger partial charge in [0.1, 0.15) is 10.7 Å². The Hall–Kier alpha value is -2.21. The zero-order chi connectivity index (χ0) is 14.5. The Morgan fingerprint density at radius 1 is 1.30 bits per heavy atom. The zero-order valence-electron chi connectivity index (χ0n) is 11.2. The van der Waals surface area contributed by atoms with Crippen molar-refractivity contribution < 1.29 is 14.3 Å². The van der Waals surface area contributed by atoms with Crippen LogP contribution in [0.25, 0.3) is 10.4 Å². The van der Waals surface area contributed by atoms with E-state index in [1.165, 1.54) is 18.3 Å². The van der Waals surface area contributed by atoms with E-state index in [-0.39, 0.29) is 11.9 Å². The average Bonchev–Trinajstić information content (AvgIpc) is 2.89. The average molecular weight is 290 g/mol. The molecule has 6 heteroatoms. The molecule has 104 valence electrons. The maximum atomic E-state index is 11.6. The zero-order valence-corrected chi connectivity index (χ0v) is 12.0. The summed E-state index contributed by atoms with van der Waals surface area (Å²) in [6.45, 7) is 3.57. The number of esters is 1. The first-order valence-electron chi connectivity index (χ1n) is 6.11. The number of hydrogen-bond donors (Lipinski definition) is 1. The Morgan fingerprint density at radius 2 is 2.10 bits per heavy atom. The van der Waals surface area contributed by atoms with E-state index >= 15 is 0 Å². The molecular formula is C14H14N2O3S. The highest BCUT2D eigenvalue weighted by Crippen LogP contribution is 2.28. The fourth-order valence-electron chi connectivity index (χ4n) is 1.60. The van der Waals surface area contributed by atoms with Crippen LogP contribution in [-0.4, -0.2) is 23.5 Å². The van der Waals surface area contributed by atoms with Gasteiger partial charge < -0.3 is 10.1 Å². The number of carbonyl (C=O) groups is 2. The molecule has 0 saturated carbocycles. The highest BCUT2D eigenvalue weighted by atomic mass is 32.1. The number of ether oxygens (including phenoxy) is 1. The Kier molecular flexibility index (Phi) is 4.47. The summed E-state index contributed by atoms with van der Waals surface area (Å²) in [6, 6.07) is 7.16. The van der Waals surface area contributed by atoms with Crippen molar-refractivity contribution in [3.05, 3.63) is 35.3 Å². The molecule has 0 atom stereocenters. The van der Waals surface area contributed by atoms with Gasteiger partial charge in [-0.25, -0.2) is 9.78 Å². The van der Waals surface area contributed by atoms with E-state index in [4.69, 9.17) is 4.74 Å². The lowest BCUT2D eigenvalue weighted by Gasteiger charge is -2.02. The monoisotopic (exact) mass is 290 g/mol. The predicted molar refractivity (Wildman–Crippen MR) is 77.8 cm³/mol. The lowest BCUT2D eigenvalue weighted by Crippen LogP contribution is -2.06. The van der Waals surface area contributed by atoms with E-state index in [0.29, 0.717) is 17.3 Å². The van der Waals surface area contributed by atoms with Gasteiger partial charge in [0.05, 0.1) is 6.61 Å². The molecule has 2 aromatic rings. The van der Waals surface area contributed by atoms with Crippen molar-refractivity contribution in [2.24, 2.45) is 0 Å². The summed E-state index contributed by atoms with van der Waals surface area (Å²) in [6.07, 6.45) is 1.66. The molecule has 0 spiro atoms. The minimum Gasteiger partial charge on any atom is -0.462 e. The summed E-state index contributed by atoms with van der Waals surface area (Å²) in [7, 11) is 0. The third kappa shape index (κ3) is 3.42. The van der Waals surface area contributed by atoms with E-state index in [9.17, 15) is 9.59 Å². The molecule has 0 saturated heterocycles. The third-order valence-corrected chi connectivity index (χ3v) is 3.55. The molecule has 1 N–H and O–H groups in total. The number of anilines is 1. The van der Waals surface area contributed by atoms with Gasteiger partial charge in [0.2, 0.25) is 5.91 Å². The van der Waals surface area contributed by atoms with E-state index in [1.807, 2.05) is 12.1 Å². The summed E-state index contributed by atoms with van der Waals surface area (Å²) >= 11 is 1.35. The van der Waals surface area contributed by atoms with Crippen LogP contribution in [0.2, 0.25) is 0 Å². The molecule has 0 aliphatic rings. The third-order valence-electron chi connectivity index (χ3n) is 2.43.